The summed E-state index contributed by atoms with van der Waals surface area (Å²) >= 11 is 1.88. The van der Waals surface area contributed by atoms with E-state index >= 15 is 0 Å². The summed E-state index contributed by atoms with van der Waals surface area (Å²) in [6, 6.07) is 3.71. The Bertz CT molecular complexity index is 959. The fourth-order valence-corrected chi connectivity index (χ4v) is 4.02. The van der Waals surface area contributed by atoms with Crippen LogP contribution >= 0.6 is 11.8 Å². The van der Waals surface area contributed by atoms with Crippen molar-refractivity contribution in [2.75, 3.05) is 24.6 Å². The van der Waals surface area contributed by atoms with Crippen molar-refractivity contribution in [2.24, 2.45) is 0 Å². The van der Waals surface area contributed by atoms with E-state index in [1.807, 2.05) is 35.7 Å². The van der Waals surface area contributed by atoms with E-state index in [-0.39, 0.29) is 5.91 Å². The third-order valence-electron chi connectivity index (χ3n) is 4.69. The molecule has 0 unspecified atom stereocenters. The molecule has 1 amide bonds. The van der Waals surface area contributed by atoms with Crippen molar-refractivity contribution in [3.8, 4) is 17.3 Å². The Morgan fingerprint density at radius 2 is 2.07 bits per heavy atom. The van der Waals surface area contributed by atoms with E-state index in [9.17, 15) is 4.79 Å². The summed E-state index contributed by atoms with van der Waals surface area (Å²) in [5.41, 5.74) is 2.16. The second-order valence-corrected chi connectivity index (χ2v) is 7.86. The lowest BCUT2D eigenvalue weighted by molar-refractivity contribution is 0.0771. The molecule has 0 aromatic carbocycles. The first-order chi connectivity index (χ1) is 13.7. The minimum Gasteiger partial charge on any atom is -0.337 e. The Morgan fingerprint density at radius 3 is 2.79 bits per heavy atom. The van der Waals surface area contributed by atoms with Crippen molar-refractivity contribution in [1.82, 2.24) is 29.8 Å². The number of rotatable bonds is 5. The van der Waals surface area contributed by atoms with Gasteiger partial charge in [0.05, 0.1) is 23.0 Å². The Kier molecular flexibility index (Phi) is 5.43. The molecule has 0 spiro atoms. The Balaban J connectivity index is 1.54. The van der Waals surface area contributed by atoms with Crippen molar-refractivity contribution in [2.45, 2.75) is 26.7 Å². The monoisotopic (exact) mass is 398 g/mol. The molecule has 4 rings (SSSR count). The van der Waals surface area contributed by atoms with Gasteiger partial charge in [-0.25, -0.2) is 9.67 Å². The highest BCUT2D eigenvalue weighted by Crippen LogP contribution is 2.20. The van der Waals surface area contributed by atoms with Crippen molar-refractivity contribution in [3.05, 3.63) is 41.6 Å². The number of aryl methyl sites for hydroxylation is 1. The Morgan fingerprint density at radius 1 is 1.25 bits per heavy atom. The maximum Gasteiger partial charge on any atom is 0.259 e. The number of hydrogen-bond donors (Lipinski definition) is 0. The summed E-state index contributed by atoms with van der Waals surface area (Å²) in [5.74, 6) is 3.80. The Labute approximate surface area is 167 Å². The van der Waals surface area contributed by atoms with Gasteiger partial charge in [-0.2, -0.15) is 21.8 Å². The van der Waals surface area contributed by atoms with E-state index in [4.69, 9.17) is 4.52 Å². The molecule has 0 atom stereocenters. The zero-order valence-corrected chi connectivity index (χ0v) is 16.8. The fourth-order valence-electron chi connectivity index (χ4n) is 3.12. The number of amides is 1. The van der Waals surface area contributed by atoms with Gasteiger partial charge >= 0.3 is 0 Å². The quantitative estimate of drug-likeness (QED) is 0.653. The van der Waals surface area contributed by atoms with Crippen molar-refractivity contribution in [3.63, 3.8) is 0 Å². The minimum absolute atomic E-state index is 0.0370. The molecule has 4 heterocycles. The number of pyridine rings is 1. The van der Waals surface area contributed by atoms with Gasteiger partial charge in [0.2, 0.25) is 0 Å². The molecule has 146 valence electrons. The summed E-state index contributed by atoms with van der Waals surface area (Å²) in [6.07, 6.45) is 5.06. The SMILES string of the molecule is CCCc1noc(-c2ccc(-n3ncc(C(=O)N4CCSCC4)c3C)nc2)n1. The molecule has 28 heavy (non-hydrogen) atoms. The van der Waals surface area contributed by atoms with Crippen molar-refractivity contribution >= 4 is 17.7 Å². The van der Waals surface area contributed by atoms with E-state index in [1.54, 1.807) is 17.1 Å². The molecule has 1 saturated heterocycles. The summed E-state index contributed by atoms with van der Waals surface area (Å²) in [7, 11) is 0. The third-order valence-corrected chi connectivity index (χ3v) is 5.63. The maximum atomic E-state index is 12.8. The molecule has 1 aliphatic rings. The molecular formula is C19H22N6O2S. The number of hydrogen-bond acceptors (Lipinski definition) is 7. The lowest BCUT2D eigenvalue weighted by Crippen LogP contribution is -2.38. The summed E-state index contributed by atoms with van der Waals surface area (Å²) in [5, 5.41) is 8.35. The third kappa shape index (κ3) is 3.66. The first kappa shape index (κ1) is 18.7. The van der Waals surface area contributed by atoms with Crippen LogP contribution in [0.3, 0.4) is 0 Å². The first-order valence-corrected chi connectivity index (χ1v) is 10.5. The number of aromatic nitrogens is 5. The first-order valence-electron chi connectivity index (χ1n) is 9.38. The minimum atomic E-state index is 0.0370. The highest BCUT2D eigenvalue weighted by Gasteiger charge is 2.23. The maximum absolute atomic E-state index is 12.8. The number of carbonyl (C=O) groups is 1. The van der Waals surface area contributed by atoms with Gasteiger partial charge in [0.25, 0.3) is 11.8 Å². The second-order valence-electron chi connectivity index (χ2n) is 6.63. The van der Waals surface area contributed by atoms with Gasteiger partial charge in [-0.3, -0.25) is 4.79 Å². The molecule has 0 radical (unpaired) electrons. The lowest BCUT2D eigenvalue weighted by atomic mass is 10.2. The normalized spacial score (nSPS) is 14.4. The summed E-state index contributed by atoms with van der Waals surface area (Å²) in [4.78, 5) is 23.5. The largest absolute Gasteiger partial charge is 0.337 e. The van der Waals surface area contributed by atoms with Crippen molar-refractivity contribution in [1.29, 1.82) is 0 Å². The Hall–Kier alpha value is -2.68. The molecule has 0 aliphatic carbocycles. The van der Waals surface area contributed by atoms with Crippen LogP contribution in [0.4, 0.5) is 0 Å². The van der Waals surface area contributed by atoms with E-state index in [1.165, 1.54) is 0 Å². The smallest absolute Gasteiger partial charge is 0.259 e. The zero-order chi connectivity index (χ0) is 19.5. The molecule has 3 aromatic rings. The average molecular weight is 398 g/mol. The molecule has 0 saturated carbocycles. The zero-order valence-electron chi connectivity index (χ0n) is 16.0. The molecule has 3 aromatic heterocycles. The van der Waals surface area contributed by atoms with Crippen LogP contribution in [0.2, 0.25) is 0 Å². The predicted octanol–water partition coefficient (Wildman–Crippen LogP) is 2.77. The van der Waals surface area contributed by atoms with Gasteiger partial charge in [-0.05, 0) is 25.5 Å². The summed E-state index contributed by atoms with van der Waals surface area (Å²) in [6.45, 7) is 5.53. The van der Waals surface area contributed by atoms with Crippen LogP contribution in [-0.2, 0) is 6.42 Å². The molecule has 9 heteroatoms. The van der Waals surface area contributed by atoms with Crippen LogP contribution in [0.25, 0.3) is 17.3 Å². The van der Waals surface area contributed by atoms with Crippen molar-refractivity contribution < 1.29 is 9.32 Å². The molecule has 8 nitrogen and oxygen atoms in total. The molecule has 1 fully saturated rings. The second kappa shape index (κ2) is 8.14. The van der Waals surface area contributed by atoms with Gasteiger partial charge in [0.15, 0.2) is 11.6 Å². The highest BCUT2D eigenvalue weighted by atomic mass is 32.2. The van der Waals surface area contributed by atoms with Gasteiger partial charge in [-0.15, -0.1) is 0 Å². The number of nitrogens with zero attached hydrogens (tertiary/aromatic N) is 6. The number of carbonyl (C=O) groups excluding carboxylic acids is 1. The van der Waals surface area contributed by atoms with Gasteiger partial charge in [0.1, 0.15) is 0 Å². The van der Waals surface area contributed by atoms with E-state index in [0.717, 1.165) is 48.7 Å². The summed E-state index contributed by atoms with van der Waals surface area (Å²) < 4.78 is 6.99. The molecular weight excluding hydrogens is 376 g/mol. The van der Waals surface area contributed by atoms with Crippen LogP contribution in [0, 0.1) is 6.92 Å². The highest BCUT2D eigenvalue weighted by molar-refractivity contribution is 7.99. The van der Waals surface area contributed by atoms with Crippen LogP contribution in [0.15, 0.2) is 29.0 Å². The molecule has 0 N–H and O–H groups in total. The predicted molar refractivity (Wildman–Crippen MR) is 107 cm³/mol. The average Bonchev–Trinajstić information content (AvgIpc) is 3.35. The van der Waals surface area contributed by atoms with Gasteiger partial charge in [-0.1, -0.05) is 12.1 Å². The van der Waals surface area contributed by atoms with Crippen LogP contribution in [0.5, 0.6) is 0 Å². The van der Waals surface area contributed by atoms with Gasteiger partial charge in [0, 0.05) is 37.2 Å². The van der Waals surface area contributed by atoms with Crippen LogP contribution < -0.4 is 0 Å². The molecule has 0 bridgehead atoms. The van der Waals surface area contributed by atoms with Crippen LogP contribution in [0.1, 0.15) is 35.2 Å². The molecule has 1 aliphatic heterocycles. The van der Waals surface area contributed by atoms with E-state index in [2.05, 4.69) is 27.1 Å². The van der Waals surface area contributed by atoms with E-state index in [0.29, 0.717) is 23.1 Å². The number of thioether (sulfide) groups is 1. The topological polar surface area (TPSA) is 89.9 Å². The van der Waals surface area contributed by atoms with Gasteiger partial charge < -0.3 is 9.42 Å². The van der Waals surface area contributed by atoms with Crippen LogP contribution in [-0.4, -0.2) is 60.3 Å². The van der Waals surface area contributed by atoms with E-state index < -0.39 is 0 Å². The lowest BCUT2D eigenvalue weighted by Gasteiger charge is -2.26. The standard InChI is InChI=1S/C19H22N6O2S/c1-3-4-16-22-18(27-23-16)14-5-6-17(20-11-14)25-13(2)15(12-21-25)19(26)24-7-9-28-10-8-24/h5-6,11-12H,3-4,7-10H2,1-2H3. The fraction of sp³-hybridized carbons (Fsp3) is 0.421.